The third kappa shape index (κ3) is 1.24. The lowest BCUT2D eigenvalue weighted by Gasteiger charge is -2.01. The van der Waals surface area contributed by atoms with E-state index >= 15 is 0 Å². The minimum atomic E-state index is 0.306. The molecule has 18 heavy (non-hydrogen) atoms. The van der Waals surface area contributed by atoms with Crippen LogP contribution in [0.5, 0.6) is 0 Å². The van der Waals surface area contributed by atoms with E-state index in [4.69, 9.17) is 0 Å². The molecule has 1 atom stereocenters. The summed E-state index contributed by atoms with van der Waals surface area (Å²) in [5.41, 5.74) is 6.06. The summed E-state index contributed by atoms with van der Waals surface area (Å²) in [6.45, 7) is 4.24. The Balaban J connectivity index is 2.07. The minimum absolute atomic E-state index is 0.306. The number of hydrogen-bond donors (Lipinski definition) is 3. The molecular formula is C15H15N3. The van der Waals surface area contributed by atoms with Crippen LogP contribution in [0.25, 0.3) is 21.8 Å². The number of rotatable bonds is 0. The Morgan fingerprint density at radius 2 is 1.61 bits per heavy atom. The number of hydrogen-bond acceptors (Lipinski definition) is 2. The van der Waals surface area contributed by atoms with Gasteiger partial charge < -0.3 is 15.6 Å². The van der Waals surface area contributed by atoms with Gasteiger partial charge in [-0.1, -0.05) is 12.1 Å². The molecule has 3 aromatic rings. The molecule has 0 aliphatic carbocycles. The van der Waals surface area contributed by atoms with Gasteiger partial charge in [0.2, 0.25) is 0 Å². The maximum atomic E-state index is 3.50. The molecule has 0 amide bonds. The molecule has 0 fully saturated rings. The van der Waals surface area contributed by atoms with E-state index < -0.39 is 0 Å². The number of fused-ring (bicyclic) bond motifs is 4. The Hall–Kier alpha value is -2.16. The van der Waals surface area contributed by atoms with E-state index in [1.165, 1.54) is 38.7 Å². The fourth-order valence-electron chi connectivity index (χ4n) is 2.81. The average molecular weight is 237 g/mol. The van der Waals surface area contributed by atoms with E-state index in [0.29, 0.717) is 6.17 Å². The highest BCUT2D eigenvalue weighted by Crippen LogP contribution is 2.36. The second-order valence-electron chi connectivity index (χ2n) is 5.13. The standard InChI is InChI=1S/C15H15N3/c1-8-3-4-10-11-6-14-15(17-9(2)16-14)7-13(11)18-12(10)5-8/h3-7,9,16-18H,1-2H3. The van der Waals surface area contributed by atoms with Gasteiger partial charge in [0.25, 0.3) is 0 Å². The zero-order valence-corrected chi connectivity index (χ0v) is 10.5. The molecule has 3 nitrogen and oxygen atoms in total. The van der Waals surface area contributed by atoms with E-state index in [-0.39, 0.29) is 0 Å². The first-order valence-corrected chi connectivity index (χ1v) is 6.30. The molecule has 90 valence electrons. The first kappa shape index (κ1) is 9.83. The second kappa shape index (κ2) is 3.19. The number of anilines is 2. The summed E-state index contributed by atoms with van der Waals surface area (Å²) in [6, 6.07) is 11.0. The molecule has 0 saturated heterocycles. The highest BCUT2D eigenvalue weighted by atomic mass is 15.2. The van der Waals surface area contributed by atoms with Crippen molar-refractivity contribution < 1.29 is 0 Å². The van der Waals surface area contributed by atoms with Crippen LogP contribution in [0.15, 0.2) is 30.3 Å². The molecule has 2 aromatic carbocycles. The van der Waals surface area contributed by atoms with Crippen molar-refractivity contribution in [3.8, 4) is 0 Å². The van der Waals surface area contributed by atoms with Crippen LogP contribution < -0.4 is 10.6 Å². The Morgan fingerprint density at radius 3 is 2.44 bits per heavy atom. The summed E-state index contributed by atoms with van der Waals surface area (Å²) in [6.07, 6.45) is 0.306. The molecule has 4 rings (SSSR count). The lowest BCUT2D eigenvalue weighted by molar-refractivity contribution is 0.956. The fraction of sp³-hybridized carbons (Fsp3) is 0.200. The summed E-state index contributed by atoms with van der Waals surface area (Å²) in [5.74, 6) is 0. The van der Waals surface area contributed by atoms with Gasteiger partial charge in [-0.3, -0.25) is 0 Å². The molecular weight excluding hydrogens is 222 g/mol. The summed E-state index contributed by atoms with van der Waals surface area (Å²) in [4.78, 5) is 3.50. The molecule has 1 aromatic heterocycles. The largest absolute Gasteiger partial charge is 0.364 e. The number of H-pyrrole nitrogens is 1. The van der Waals surface area contributed by atoms with Gasteiger partial charge in [-0.2, -0.15) is 0 Å². The maximum absolute atomic E-state index is 3.50. The van der Waals surface area contributed by atoms with Crippen LogP contribution in [0.3, 0.4) is 0 Å². The summed E-state index contributed by atoms with van der Waals surface area (Å²) in [5, 5.41) is 9.42. The van der Waals surface area contributed by atoms with Crippen LogP contribution in [-0.2, 0) is 0 Å². The molecule has 3 heteroatoms. The topological polar surface area (TPSA) is 39.9 Å². The first-order chi connectivity index (χ1) is 8.70. The van der Waals surface area contributed by atoms with Crippen molar-refractivity contribution in [2.45, 2.75) is 20.0 Å². The zero-order valence-electron chi connectivity index (χ0n) is 10.5. The van der Waals surface area contributed by atoms with Crippen LogP contribution in [0.1, 0.15) is 12.5 Å². The normalized spacial score (nSPS) is 17.8. The minimum Gasteiger partial charge on any atom is -0.364 e. The predicted molar refractivity (Wildman–Crippen MR) is 77.2 cm³/mol. The quantitative estimate of drug-likeness (QED) is 0.556. The van der Waals surface area contributed by atoms with Crippen LogP contribution >= 0.6 is 0 Å². The number of aromatic nitrogens is 1. The number of aryl methyl sites for hydroxylation is 1. The zero-order chi connectivity index (χ0) is 12.3. The molecule has 0 bridgehead atoms. The first-order valence-electron chi connectivity index (χ1n) is 6.30. The van der Waals surface area contributed by atoms with Gasteiger partial charge in [-0.15, -0.1) is 0 Å². The van der Waals surface area contributed by atoms with E-state index in [0.717, 1.165) is 0 Å². The summed E-state index contributed by atoms with van der Waals surface area (Å²) in [7, 11) is 0. The number of benzene rings is 2. The fourth-order valence-corrected chi connectivity index (χ4v) is 2.81. The Kier molecular flexibility index (Phi) is 1.74. The van der Waals surface area contributed by atoms with Crippen molar-refractivity contribution in [1.82, 2.24) is 4.98 Å². The molecule has 3 N–H and O–H groups in total. The van der Waals surface area contributed by atoms with Crippen molar-refractivity contribution in [3.05, 3.63) is 35.9 Å². The predicted octanol–water partition coefficient (Wildman–Crippen LogP) is 3.81. The van der Waals surface area contributed by atoms with Crippen molar-refractivity contribution >= 4 is 33.2 Å². The van der Waals surface area contributed by atoms with Crippen LogP contribution in [0.2, 0.25) is 0 Å². The third-order valence-electron chi connectivity index (χ3n) is 3.64. The Morgan fingerprint density at radius 1 is 0.889 bits per heavy atom. The highest BCUT2D eigenvalue weighted by molar-refractivity contribution is 6.10. The Labute approximate surface area is 105 Å². The van der Waals surface area contributed by atoms with E-state index in [2.05, 4.69) is 59.8 Å². The van der Waals surface area contributed by atoms with E-state index in [9.17, 15) is 0 Å². The summed E-state index contributed by atoms with van der Waals surface area (Å²) < 4.78 is 0. The molecule has 1 aliphatic rings. The van der Waals surface area contributed by atoms with Crippen LogP contribution in [0.4, 0.5) is 11.4 Å². The molecule has 0 saturated carbocycles. The van der Waals surface area contributed by atoms with Gasteiger partial charge in [0.1, 0.15) is 0 Å². The van der Waals surface area contributed by atoms with Gasteiger partial charge in [0.05, 0.1) is 17.5 Å². The maximum Gasteiger partial charge on any atom is 0.0935 e. The van der Waals surface area contributed by atoms with E-state index in [1.54, 1.807) is 0 Å². The third-order valence-corrected chi connectivity index (χ3v) is 3.64. The Bertz CT molecular complexity index is 770. The summed E-state index contributed by atoms with van der Waals surface area (Å²) >= 11 is 0. The van der Waals surface area contributed by atoms with Gasteiger partial charge in [-0.05, 0) is 37.6 Å². The number of nitrogens with one attached hydrogen (secondary N) is 3. The van der Waals surface area contributed by atoms with E-state index in [1.807, 2.05) is 0 Å². The molecule has 0 spiro atoms. The second-order valence-corrected chi connectivity index (χ2v) is 5.13. The average Bonchev–Trinajstić information content (AvgIpc) is 2.83. The lowest BCUT2D eigenvalue weighted by Crippen LogP contribution is -2.16. The van der Waals surface area contributed by atoms with Crippen molar-refractivity contribution in [2.24, 2.45) is 0 Å². The van der Waals surface area contributed by atoms with Crippen molar-refractivity contribution in [3.63, 3.8) is 0 Å². The highest BCUT2D eigenvalue weighted by Gasteiger charge is 2.17. The van der Waals surface area contributed by atoms with Crippen LogP contribution in [0, 0.1) is 6.92 Å². The lowest BCUT2D eigenvalue weighted by atomic mass is 10.1. The SMILES string of the molecule is Cc1ccc2c(c1)[nH]c1cc3c(cc12)NC(C)N3. The van der Waals surface area contributed by atoms with Crippen molar-refractivity contribution in [2.75, 3.05) is 10.6 Å². The van der Waals surface area contributed by atoms with Gasteiger partial charge in [0.15, 0.2) is 0 Å². The van der Waals surface area contributed by atoms with Gasteiger partial charge in [-0.25, -0.2) is 0 Å². The van der Waals surface area contributed by atoms with Crippen molar-refractivity contribution in [1.29, 1.82) is 0 Å². The molecule has 1 unspecified atom stereocenters. The van der Waals surface area contributed by atoms with Gasteiger partial charge >= 0.3 is 0 Å². The van der Waals surface area contributed by atoms with Crippen LogP contribution in [-0.4, -0.2) is 11.1 Å². The smallest absolute Gasteiger partial charge is 0.0935 e. The molecule has 0 radical (unpaired) electrons. The number of aromatic amines is 1. The monoisotopic (exact) mass is 237 g/mol. The molecule has 1 aliphatic heterocycles. The molecule has 2 heterocycles. The van der Waals surface area contributed by atoms with Gasteiger partial charge in [0, 0.05) is 21.8 Å².